The van der Waals surface area contributed by atoms with Gasteiger partial charge in [-0.2, -0.15) is 18.3 Å². The summed E-state index contributed by atoms with van der Waals surface area (Å²) in [6, 6.07) is 8.11. The van der Waals surface area contributed by atoms with Gasteiger partial charge in [0.15, 0.2) is 11.3 Å². The molecule has 0 saturated heterocycles. The maximum atomic E-state index is 13.5. The van der Waals surface area contributed by atoms with Crippen LogP contribution in [0.2, 0.25) is 0 Å². The van der Waals surface area contributed by atoms with Crippen molar-refractivity contribution in [3.05, 3.63) is 71.2 Å². The first kappa shape index (κ1) is 20.1. The largest absolute Gasteiger partial charge is 0.433 e. The molecule has 1 aromatic carbocycles. The van der Waals surface area contributed by atoms with E-state index in [9.17, 15) is 22.4 Å². The molecule has 1 N–H and O–H groups in total. The van der Waals surface area contributed by atoms with Gasteiger partial charge in [0.1, 0.15) is 17.8 Å². The Morgan fingerprint density at radius 2 is 1.97 bits per heavy atom. The molecular formula is C20H15F4N7O. The Morgan fingerprint density at radius 1 is 1.16 bits per heavy atom. The molecular weight excluding hydrogens is 430 g/mol. The van der Waals surface area contributed by atoms with E-state index in [0.717, 1.165) is 18.9 Å². The number of carbonyl (C=O) groups excluding carboxylic acids is 1. The fourth-order valence-corrected chi connectivity index (χ4v) is 3.31. The van der Waals surface area contributed by atoms with Crippen LogP contribution in [0.25, 0.3) is 5.65 Å². The summed E-state index contributed by atoms with van der Waals surface area (Å²) >= 11 is 0. The molecule has 0 spiro atoms. The molecule has 1 saturated carbocycles. The van der Waals surface area contributed by atoms with Crippen LogP contribution in [0, 0.1) is 5.82 Å². The van der Waals surface area contributed by atoms with Gasteiger partial charge in [0, 0.05) is 17.7 Å². The van der Waals surface area contributed by atoms with Gasteiger partial charge in [-0.15, -0.1) is 5.10 Å². The molecule has 0 bridgehead atoms. The lowest BCUT2D eigenvalue weighted by molar-refractivity contribution is -0.142. The van der Waals surface area contributed by atoms with Gasteiger partial charge in [0.25, 0.3) is 5.91 Å². The van der Waals surface area contributed by atoms with Gasteiger partial charge in [0.05, 0.1) is 6.54 Å². The number of hydrogen-bond acceptors (Lipinski definition) is 5. The summed E-state index contributed by atoms with van der Waals surface area (Å²) in [5.74, 6) is -1.23. The van der Waals surface area contributed by atoms with Crippen LogP contribution in [0.4, 0.5) is 23.5 Å². The molecule has 0 aliphatic heterocycles. The Kier molecular flexibility index (Phi) is 4.64. The van der Waals surface area contributed by atoms with Crippen LogP contribution in [-0.4, -0.2) is 35.3 Å². The lowest BCUT2D eigenvalue weighted by Gasteiger charge is -2.10. The average Bonchev–Trinajstić information content (AvgIpc) is 3.34. The normalized spacial score (nSPS) is 14.1. The van der Waals surface area contributed by atoms with Crippen LogP contribution in [-0.2, 0) is 12.7 Å². The number of nitrogens with zero attached hydrogens (tertiary/aromatic N) is 6. The first-order valence-electron chi connectivity index (χ1n) is 9.69. The Labute approximate surface area is 177 Å². The van der Waals surface area contributed by atoms with Gasteiger partial charge >= 0.3 is 6.18 Å². The quantitative estimate of drug-likeness (QED) is 0.474. The lowest BCUT2D eigenvalue weighted by atomic mass is 10.2. The number of aromatic nitrogens is 6. The van der Waals surface area contributed by atoms with Gasteiger partial charge in [-0.25, -0.2) is 23.6 Å². The third kappa shape index (κ3) is 4.03. The number of hydrogen-bond donors (Lipinski definition) is 1. The average molecular weight is 445 g/mol. The Balaban J connectivity index is 1.38. The molecule has 1 fully saturated rings. The molecule has 32 heavy (non-hydrogen) atoms. The number of halogens is 4. The molecule has 1 aliphatic carbocycles. The highest BCUT2D eigenvalue weighted by atomic mass is 19.4. The van der Waals surface area contributed by atoms with Gasteiger partial charge in [-0.1, -0.05) is 12.1 Å². The summed E-state index contributed by atoms with van der Waals surface area (Å²) in [5.41, 5.74) is -0.311. The van der Waals surface area contributed by atoms with E-state index >= 15 is 0 Å². The summed E-state index contributed by atoms with van der Waals surface area (Å²) in [5, 5.41) is 10.3. The number of benzene rings is 1. The van der Waals surface area contributed by atoms with Gasteiger partial charge in [-0.3, -0.25) is 10.1 Å². The zero-order chi connectivity index (χ0) is 22.5. The van der Waals surface area contributed by atoms with E-state index in [1.165, 1.54) is 29.2 Å². The molecule has 0 unspecified atom stereocenters. The maximum absolute atomic E-state index is 13.5. The topological polar surface area (TPSA) is 90.0 Å². The molecule has 8 nitrogen and oxygen atoms in total. The molecule has 3 heterocycles. The number of alkyl halides is 3. The molecule has 5 rings (SSSR count). The summed E-state index contributed by atoms with van der Waals surface area (Å²) in [7, 11) is 0. The highest BCUT2D eigenvalue weighted by Gasteiger charge is 2.37. The van der Waals surface area contributed by atoms with Crippen LogP contribution in [0.15, 0.2) is 42.7 Å². The van der Waals surface area contributed by atoms with Crippen molar-refractivity contribution in [1.29, 1.82) is 0 Å². The van der Waals surface area contributed by atoms with E-state index in [1.54, 1.807) is 12.1 Å². The van der Waals surface area contributed by atoms with Gasteiger partial charge < -0.3 is 0 Å². The molecule has 0 radical (unpaired) electrons. The second-order valence-electron chi connectivity index (χ2n) is 7.49. The second-order valence-corrected chi connectivity index (χ2v) is 7.49. The van der Waals surface area contributed by atoms with E-state index < -0.39 is 17.8 Å². The van der Waals surface area contributed by atoms with Crippen molar-refractivity contribution in [3.8, 4) is 0 Å². The first-order valence-corrected chi connectivity index (χ1v) is 9.69. The summed E-state index contributed by atoms with van der Waals surface area (Å²) < 4.78 is 55.9. The van der Waals surface area contributed by atoms with Crippen molar-refractivity contribution in [2.75, 3.05) is 5.32 Å². The third-order valence-corrected chi connectivity index (χ3v) is 4.96. The zero-order valence-corrected chi connectivity index (χ0v) is 16.3. The smallest absolute Gasteiger partial charge is 0.288 e. The van der Waals surface area contributed by atoms with Crippen molar-refractivity contribution >= 4 is 17.5 Å². The third-order valence-electron chi connectivity index (χ3n) is 4.96. The number of fused-ring (bicyclic) bond motifs is 1. The van der Waals surface area contributed by atoms with Crippen LogP contribution in [0.5, 0.6) is 0 Å². The maximum Gasteiger partial charge on any atom is 0.433 e. The zero-order valence-electron chi connectivity index (χ0n) is 16.3. The van der Waals surface area contributed by atoms with Crippen molar-refractivity contribution < 1.29 is 22.4 Å². The molecule has 1 aliphatic rings. The second kappa shape index (κ2) is 7.39. The van der Waals surface area contributed by atoms with Crippen LogP contribution >= 0.6 is 0 Å². The molecule has 4 aromatic rings. The highest BCUT2D eigenvalue weighted by molar-refractivity contribution is 6.02. The van der Waals surface area contributed by atoms with E-state index in [4.69, 9.17) is 0 Å². The summed E-state index contributed by atoms with van der Waals surface area (Å²) in [4.78, 5) is 20.7. The van der Waals surface area contributed by atoms with Crippen molar-refractivity contribution in [2.45, 2.75) is 31.5 Å². The Hall–Kier alpha value is -3.83. The number of rotatable bonds is 5. The monoisotopic (exact) mass is 445 g/mol. The minimum absolute atomic E-state index is 0.000435. The fourth-order valence-electron chi connectivity index (χ4n) is 3.31. The molecule has 12 heteroatoms. The number of carbonyl (C=O) groups is 1. The van der Waals surface area contributed by atoms with Crippen molar-refractivity contribution in [1.82, 2.24) is 29.4 Å². The molecule has 0 atom stereocenters. The minimum Gasteiger partial charge on any atom is -0.288 e. The molecule has 164 valence electrons. The predicted molar refractivity (Wildman–Crippen MR) is 103 cm³/mol. The fraction of sp³-hybridized carbons (Fsp3) is 0.250. The standard InChI is InChI=1S/C20H15F4N7O/c21-13-3-1-2-11(6-13)9-30-10-25-19(29-30)27-18(32)15-8-17-26-14(12-4-5-12)7-16(20(22,23)24)31(17)28-15/h1-3,6-8,10,12H,4-5,9H2,(H,27,29,32). The van der Waals surface area contributed by atoms with Crippen LogP contribution in [0.3, 0.4) is 0 Å². The number of amides is 1. The predicted octanol–water partition coefficient (Wildman–Crippen LogP) is 3.66. The van der Waals surface area contributed by atoms with Crippen LogP contribution < -0.4 is 5.32 Å². The Morgan fingerprint density at radius 3 is 2.69 bits per heavy atom. The summed E-state index contributed by atoms with van der Waals surface area (Å²) in [6.45, 7) is 0.220. The number of nitrogens with one attached hydrogen (secondary N) is 1. The van der Waals surface area contributed by atoms with Crippen molar-refractivity contribution in [2.24, 2.45) is 0 Å². The molecule has 3 aromatic heterocycles. The lowest BCUT2D eigenvalue weighted by Crippen LogP contribution is -2.16. The van der Waals surface area contributed by atoms with E-state index in [1.807, 2.05) is 0 Å². The highest BCUT2D eigenvalue weighted by Crippen LogP contribution is 2.41. The van der Waals surface area contributed by atoms with Gasteiger partial charge in [-0.05, 0) is 36.6 Å². The minimum atomic E-state index is -4.65. The SMILES string of the molecule is O=C(Nc1ncn(Cc2cccc(F)c2)n1)c1cc2nc(C3CC3)cc(C(F)(F)F)n2n1. The molecule has 1 amide bonds. The van der Waals surface area contributed by atoms with Gasteiger partial charge in [0.2, 0.25) is 5.95 Å². The van der Waals surface area contributed by atoms with E-state index in [-0.39, 0.29) is 35.6 Å². The first-order chi connectivity index (χ1) is 15.3. The summed E-state index contributed by atoms with van der Waals surface area (Å²) in [6.07, 6.45) is -1.74. The van der Waals surface area contributed by atoms with Crippen molar-refractivity contribution in [3.63, 3.8) is 0 Å². The number of anilines is 1. The van der Waals surface area contributed by atoms with Crippen LogP contribution in [0.1, 0.15) is 46.2 Å². The van der Waals surface area contributed by atoms with E-state index in [2.05, 4.69) is 25.5 Å². The Bertz CT molecular complexity index is 1320. The van der Waals surface area contributed by atoms with E-state index in [0.29, 0.717) is 15.8 Å².